The number of halogens is 1. The molecule has 0 saturated carbocycles. The van der Waals surface area contributed by atoms with Crippen molar-refractivity contribution >= 4 is 15.9 Å². The van der Waals surface area contributed by atoms with Gasteiger partial charge in [0.05, 0.1) is 4.47 Å². The fourth-order valence-electron chi connectivity index (χ4n) is 1.07. The Bertz CT molecular complexity index is 364. The van der Waals surface area contributed by atoms with Crippen LogP contribution in [0.25, 0.3) is 11.3 Å². The highest BCUT2D eigenvalue weighted by atomic mass is 79.9. The van der Waals surface area contributed by atoms with Crippen LogP contribution in [0.15, 0.2) is 51.6 Å². The summed E-state index contributed by atoms with van der Waals surface area (Å²) in [6.45, 7) is 0. The van der Waals surface area contributed by atoms with Crippen LogP contribution in [-0.2, 0) is 0 Å². The molecule has 0 aliphatic rings. The van der Waals surface area contributed by atoms with Gasteiger partial charge in [-0.05, 0) is 22.0 Å². The van der Waals surface area contributed by atoms with Gasteiger partial charge in [-0.2, -0.15) is 0 Å². The maximum absolute atomic E-state index is 5.30. The van der Waals surface area contributed by atoms with Gasteiger partial charge >= 0.3 is 0 Å². The molecule has 1 aromatic heterocycles. The number of rotatable bonds is 1. The number of furan rings is 1. The summed E-state index contributed by atoms with van der Waals surface area (Å²) >= 11 is 3.34. The fourth-order valence-corrected chi connectivity index (χ4v) is 1.37. The van der Waals surface area contributed by atoms with Crippen molar-refractivity contribution in [2.45, 2.75) is 0 Å². The van der Waals surface area contributed by atoms with Gasteiger partial charge in [-0.1, -0.05) is 30.3 Å². The molecule has 1 heterocycles. The minimum Gasteiger partial charge on any atom is -0.463 e. The molecule has 0 N–H and O–H groups in total. The molecule has 60 valence electrons. The summed E-state index contributed by atoms with van der Waals surface area (Å²) in [5.41, 5.74) is 1.10. The summed E-state index contributed by atoms with van der Waals surface area (Å²) in [4.78, 5) is 0. The molecule has 0 saturated heterocycles. The molecule has 0 radical (unpaired) electrons. The summed E-state index contributed by atoms with van der Waals surface area (Å²) in [6.07, 6.45) is 1.68. The third-order valence-electron chi connectivity index (χ3n) is 1.63. The van der Waals surface area contributed by atoms with Gasteiger partial charge in [-0.3, -0.25) is 0 Å². The van der Waals surface area contributed by atoms with Crippen LogP contribution in [0.1, 0.15) is 0 Å². The van der Waals surface area contributed by atoms with E-state index in [1.807, 2.05) is 36.4 Å². The molecule has 1 nitrogen and oxygen atoms in total. The molecule has 2 heteroatoms. The van der Waals surface area contributed by atoms with Crippen LogP contribution < -0.4 is 0 Å². The van der Waals surface area contributed by atoms with Gasteiger partial charge in [0.15, 0.2) is 0 Å². The highest BCUT2D eigenvalue weighted by molar-refractivity contribution is 9.10. The second kappa shape index (κ2) is 3.15. The number of hydrogen-bond donors (Lipinski definition) is 0. The van der Waals surface area contributed by atoms with Gasteiger partial charge in [0.2, 0.25) is 0 Å². The highest BCUT2D eigenvalue weighted by Gasteiger charge is 2.00. The molecule has 1 aromatic carbocycles. The van der Waals surface area contributed by atoms with Crippen molar-refractivity contribution in [3.05, 3.63) is 47.1 Å². The standard InChI is InChI=1S/C10H7BrO/c11-9-6-10(12-7-9)8-4-2-1-3-5-8/h1-7H. The summed E-state index contributed by atoms with van der Waals surface area (Å²) in [7, 11) is 0. The molecular formula is C10H7BrO. The molecular weight excluding hydrogens is 216 g/mol. The average molecular weight is 223 g/mol. The number of hydrogen-bond acceptors (Lipinski definition) is 1. The van der Waals surface area contributed by atoms with Gasteiger partial charge in [0.1, 0.15) is 12.0 Å². The second-order valence-corrected chi connectivity index (χ2v) is 3.41. The fraction of sp³-hybridized carbons (Fsp3) is 0. The minimum absolute atomic E-state index is 0.891. The summed E-state index contributed by atoms with van der Waals surface area (Å²) in [5, 5.41) is 0. The third kappa shape index (κ3) is 1.43. The molecule has 0 spiro atoms. The van der Waals surface area contributed by atoms with E-state index >= 15 is 0 Å². The Morgan fingerprint density at radius 3 is 2.42 bits per heavy atom. The largest absolute Gasteiger partial charge is 0.463 e. The average Bonchev–Trinajstić information content (AvgIpc) is 2.54. The predicted octanol–water partition coefficient (Wildman–Crippen LogP) is 3.71. The Balaban J connectivity index is 2.45. The number of benzene rings is 1. The van der Waals surface area contributed by atoms with Crippen molar-refractivity contribution in [2.75, 3.05) is 0 Å². The van der Waals surface area contributed by atoms with Crippen LogP contribution in [0, 0.1) is 0 Å². The van der Waals surface area contributed by atoms with E-state index in [1.54, 1.807) is 6.26 Å². The van der Waals surface area contributed by atoms with E-state index < -0.39 is 0 Å². The van der Waals surface area contributed by atoms with Gasteiger partial charge in [0.25, 0.3) is 0 Å². The molecule has 0 atom stereocenters. The molecule has 0 fully saturated rings. The van der Waals surface area contributed by atoms with Crippen molar-refractivity contribution < 1.29 is 4.42 Å². The zero-order chi connectivity index (χ0) is 8.39. The first-order chi connectivity index (χ1) is 5.86. The maximum atomic E-state index is 5.30. The monoisotopic (exact) mass is 222 g/mol. The second-order valence-electron chi connectivity index (χ2n) is 2.50. The van der Waals surface area contributed by atoms with E-state index in [1.165, 1.54) is 0 Å². The van der Waals surface area contributed by atoms with Crippen LogP contribution in [0.2, 0.25) is 0 Å². The van der Waals surface area contributed by atoms with E-state index in [9.17, 15) is 0 Å². The molecule has 0 unspecified atom stereocenters. The smallest absolute Gasteiger partial charge is 0.135 e. The first-order valence-electron chi connectivity index (χ1n) is 3.66. The van der Waals surface area contributed by atoms with Crippen molar-refractivity contribution in [1.82, 2.24) is 0 Å². The van der Waals surface area contributed by atoms with E-state index in [0.29, 0.717) is 0 Å². The maximum Gasteiger partial charge on any atom is 0.135 e. The van der Waals surface area contributed by atoms with Crippen LogP contribution in [0.3, 0.4) is 0 Å². The molecule has 0 aliphatic carbocycles. The molecule has 0 aliphatic heterocycles. The Morgan fingerprint density at radius 2 is 1.83 bits per heavy atom. The summed E-state index contributed by atoms with van der Waals surface area (Å²) in [6, 6.07) is 12.0. The quantitative estimate of drug-likeness (QED) is 0.718. The Morgan fingerprint density at radius 1 is 1.08 bits per heavy atom. The topological polar surface area (TPSA) is 13.1 Å². The van der Waals surface area contributed by atoms with Crippen LogP contribution in [-0.4, -0.2) is 0 Å². The molecule has 2 rings (SSSR count). The normalized spacial score (nSPS) is 10.1. The zero-order valence-electron chi connectivity index (χ0n) is 6.33. The van der Waals surface area contributed by atoms with Crippen molar-refractivity contribution in [2.24, 2.45) is 0 Å². The van der Waals surface area contributed by atoms with E-state index in [0.717, 1.165) is 15.8 Å². The van der Waals surface area contributed by atoms with E-state index in [4.69, 9.17) is 4.42 Å². The van der Waals surface area contributed by atoms with Crippen molar-refractivity contribution in [3.8, 4) is 11.3 Å². The lowest BCUT2D eigenvalue weighted by Gasteiger charge is -1.92. The van der Waals surface area contributed by atoms with E-state index in [-0.39, 0.29) is 0 Å². The molecule has 12 heavy (non-hydrogen) atoms. The minimum atomic E-state index is 0.891. The van der Waals surface area contributed by atoms with Crippen molar-refractivity contribution in [3.63, 3.8) is 0 Å². The lowest BCUT2D eigenvalue weighted by molar-refractivity contribution is 0.581. The predicted molar refractivity (Wildman–Crippen MR) is 51.8 cm³/mol. The van der Waals surface area contributed by atoms with Crippen LogP contribution in [0.4, 0.5) is 0 Å². The molecule has 0 amide bonds. The summed E-state index contributed by atoms with van der Waals surface area (Å²) in [5.74, 6) is 0.891. The van der Waals surface area contributed by atoms with Crippen LogP contribution >= 0.6 is 15.9 Å². The Kier molecular flexibility index (Phi) is 2.00. The van der Waals surface area contributed by atoms with Gasteiger partial charge in [0, 0.05) is 5.56 Å². The van der Waals surface area contributed by atoms with E-state index in [2.05, 4.69) is 15.9 Å². The first-order valence-corrected chi connectivity index (χ1v) is 4.45. The lowest BCUT2D eigenvalue weighted by atomic mass is 10.2. The summed E-state index contributed by atoms with van der Waals surface area (Å²) < 4.78 is 6.28. The lowest BCUT2D eigenvalue weighted by Crippen LogP contribution is -1.69. The van der Waals surface area contributed by atoms with Gasteiger partial charge in [-0.25, -0.2) is 0 Å². The van der Waals surface area contributed by atoms with Crippen LogP contribution in [0.5, 0.6) is 0 Å². The first kappa shape index (κ1) is 7.62. The van der Waals surface area contributed by atoms with Gasteiger partial charge < -0.3 is 4.42 Å². The SMILES string of the molecule is Brc1coc(-c2ccccc2)c1. The Hall–Kier alpha value is -1.02. The van der Waals surface area contributed by atoms with Crippen molar-refractivity contribution in [1.29, 1.82) is 0 Å². The van der Waals surface area contributed by atoms with Gasteiger partial charge in [-0.15, -0.1) is 0 Å². The zero-order valence-corrected chi connectivity index (χ0v) is 7.91. The molecule has 0 bridgehead atoms. The molecule has 2 aromatic rings. The highest BCUT2D eigenvalue weighted by Crippen LogP contribution is 2.24. The Labute approximate surface area is 79.2 Å². The third-order valence-corrected chi connectivity index (χ3v) is 2.04.